The summed E-state index contributed by atoms with van der Waals surface area (Å²) in [6, 6.07) is 40.7. The second-order valence-corrected chi connectivity index (χ2v) is 13.2. The standard InChI is InChI=1S/C46H26F6N4.Ni/c47-45(48,49)41-42(46(50,51)52)44-40(30-19-11-4-12-20-30)36-26-24-34(55-36)38(28-15-7-2-8-16-28)32-22-21-31(53-32)37(27-13-5-1-6-14-27)33-23-25-35(54-33)39(43(41)56-44)29-17-9-3-10-18-29;/h1-26H;/q-2;+2. The molecule has 57 heavy (non-hydrogen) atoms. The number of hydrogen-bond donors (Lipinski definition) is 0. The molecule has 0 atom stereocenters. The second-order valence-electron chi connectivity index (χ2n) is 13.2. The zero-order valence-corrected chi connectivity index (χ0v) is 30.4. The van der Waals surface area contributed by atoms with Crippen molar-refractivity contribution in [2.24, 2.45) is 0 Å². The first-order valence-electron chi connectivity index (χ1n) is 17.5. The molecule has 0 radical (unpaired) electrons. The van der Waals surface area contributed by atoms with Crippen LogP contribution < -0.4 is 9.97 Å². The van der Waals surface area contributed by atoms with Gasteiger partial charge in [-0.2, -0.15) is 26.3 Å². The van der Waals surface area contributed by atoms with Crippen LogP contribution in [0.15, 0.2) is 146 Å². The van der Waals surface area contributed by atoms with Crippen molar-refractivity contribution in [1.82, 2.24) is 19.9 Å². The molecule has 0 amide bonds. The maximum absolute atomic E-state index is 15.5. The molecule has 3 aromatic heterocycles. The number of alkyl halides is 6. The van der Waals surface area contributed by atoms with Crippen molar-refractivity contribution in [2.45, 2.75) is 12.4 Å². The summed E-state index contributed by atoms with van der Waals surface area (Å²) in [5.41, 5.74) is -1.20. The molecule has 0 saturated carbocycles. The number of halogens is 6. The smallest absolute Gasteiger partial charge is 0.657 e. The van der Waals surface area contributed by atoms with Gasteiger partial charge in [-0.15, -0.1) is 22.1 Å². The third-order valence-electron chi connectivity index (χ3n) is 9.69. The van der Waals surface area contributed by atoms with Gasteiger partial charge in [0.2, 0.25) is 0 Å². The topological polar surface area (TPSA) is 54.0 Å². The van der Waals surface area contributed by atoms with Crippen LogP contribution in [-0.4, -0.2) is 22.3 Å². The quantitative estimate of drug-likeness (QED) is 0.131. The van der Waals surface area contributed by atoms with Crippen LogP contribution >= 0.6 is 0 Å². The van der Waals surface area contributed by atoms with Crippen LogP contribution in [0.1, 0.15) is 22.8 Å². The average Bonchev–Trinajstić information content (AvgIpc) is 4.02. The Morgan fingerprint density at radius 2 is 0.632 bits per heavy atom. The van der Waals surface area contributed by atoms with E-state index >= 15 is 26.3 Å². The van der Waals surface area contributed by atoms with Gasteiger partial charge in [0.25, 0.3) is 0 Å². The summed E-state index contributed by atoms with van der Waals surface area (Å²) >= 11 is 0. The van der Waals surface area contributed by atoms with Crippen LogP contribution in [0.2, 0.25) is 0 Å². The summed E-state index contributed by atoms with van der Waals surface area (Å²) < 4.78 is 93.0. The predicted molar refractivity (Wildman–Crippen MR) is 209 cm³/mol. The van der Waals surface area contributed by atoms with E-state index in [1.807, 2.05) is 72.8 Å². The first-order chi connectivity index (χ1) is 27.1. The van der Waals surface area contributed by atoms with Crippen LogP contribution in [0.25, 0.3) is 89.9 Å². The van der Waals surface area contributed by atoms with Gasteiger partial charge in [-0.05, 0) is 56.7 Å². The molecule has 0 N–H and O–H groups in total. The van der Waals surface area contributed by atoms with Crippen molar-refractivity contribution in [3.63, 3.8) is 0 Å². The summed E-state index contributed by atoms with van der Waals surface area (Å²) in [5, 5.41) is 0. The molecule has 4 nitrogen and oxygen atoms in total. The van der Waals surface area contributed by atoms with Crippen LogP contribution in [0.4, 0.5) is 26.3 Å². The molecular weight excluding hydrogens is 781 g/mol. The molecular formula is C46H26F6N4Ni. The Bertz CT molecular complexity index is 2670. The molecule has 5 heterocycles. The van der Waals surface area contributed by atoms with Crippen LogP contribution in [-0.2, 0) is 16.5 Å². The molecule has 282 valence electrons. The van der Waals surface area contributed by atoms with Crippen LogP contribution in [0.3, 0.4) is 0 Å². The number of hydrogen-bond acceptors (Lipinski definition) is 2. The van der Waals surface area contributed by atoms with Gasteiger partial charge in [-0.3, -0.25) is 0 Å². The Kier molecular flexibility index (Phi) is 9.58. The molecule has 0 spiro atoms. The summed E-state index contributed by atoms with van der Waals surface area (Å²) in [5.74, 6) is 0. The zero-order chi connectivity index (χ0) is 38.6. The summed E-state index contributed by atoms with van der Waals surface area (Å²) in [4.78, 5) is 19.3. The minimum Gasteiger partial charge on any atom is -0.657 e. The molecule has 4 aromatic carbocycles. The van der Waals surface area contributed by atoms with E-state index in [0.717, 1.165) is 11.1 Å². The number of benzene rings is 4. The Morgan fingerprint density at radius 3 is 0.930 bits per heavy atom. The van der Waals surface area contributed by atoms with Gasteiger partial charge in [-0.1, -0.05) is 146 Å². The Balaban J connectivity index is 0.00000455. The number of aromatic nitrogens is 4. The number of fused-ring (bicyclic) bond motifs is 8. The first kappa shape index (κ1) is 37.5. The van der Waals surface area contributed by atoms with Crippen molar-refractivity contribution in [3.8, 4) is 44.5 Å². The maximum Gasteiger partial charge on any atom is 2.00 e. The third kappa shape index (κ3) is 6.78. The molecule has 7 aromatic rings. The normalized spacial score (nSPS) is 12.8. The number of allylic oxidation sites excluding steroid dienone is 2. The van der Waals surface area contributed by atoms with Crippen molar-refractivity contribution < 1.29 is 42.8 Å². The molecule has 2 aliphatic heterocycles. The fourth-order valence-electron chi connectivity index (χ4n) is 7.38. The SMILES string of the molecule is FC(F)(F)C1=C(C(F)(F)F)c2nc1c(-c1ccccc1)c1ccc([n-]1)c(-c1ccccc1)c1nc(c(-c3ccccc3)c3ccc([n-]3)c2-c2ccccc2)C=C1.[Ni+2]. The molecule has 2 aliphatic rings. The largest absolute Gasteiger partial charge is 2.00 e. The first-order valence-corrected chi connectivity index (χ1v) is 17.5. The van der Waals surface area contributed by atoms with E-state index in [-0.39, 0.29) is 49.8 Å². The van der Waals surface area contributed by atoms with E-state index in [0.29, 0.717) is 33.5 Å². The fourth-order valence-corrected chi connectivity index (χ4v) is 7.38. The Labute approximate surface area is 332 Å². The van der Waals surface area contributed by atoms with Crippen molar-refractivity contribution in [2.75, 3.05) is 0 Å². The summed E-state index contributed by atoms with van der Waals surface area (Å²) in [7, 11) is 0. The van der Waals surface area contributed by atoms with E-state index in [4.69, 9.17) is 15.0 Å². The zero-order valence-electron chi connectivity index (χ0n) is 29.4. The molecule has 9 rings (SSSR count). The van der Waals surface area contributed by atoms with Gasteiger partial charge >= 0.3 is 28.8 Å². The van der Waals surface area contributed by atoms with E-state index in [9.17, 15) is 0 Å². The molecule has 11 heteroatoms. The monoisotopic (exact) mass is 806 g/mol. The predicted octanol–water partition coefficient (Wildman–Crippen LogP) is 12.4. The third-order valence-corrected chi connectivity index (χ3v) is 9.69. The second kappa shape index (κ2) is 14.6. The molecule has 0 aliphatic carbocycles. The van der Waals surface area contributed by atoms with E-state index in [1.165, 1.54) is 36.4 Å². The summed E-state index contributed by atoms with van der Waals surface area (Å²) in [6.07, 6.45) is -7.27. The number of nitrogens with zero attached hydrogens (tertiary/aromatic N) is 4. The molecule has 0 fully saturated rings. The number of rotatable bonds is 4. The minimum absolute atomic E-state index is 0. The van der Waals surface area contributed by atoms with Gasteiger partial charge in [-0.25, -0.2) is 9.97 Å². The van der Waals surface area contributed by atoms with Gasteiger partial charge in [0.05, 0.1) is 33.9 Å². The summed E-state index contributed by atoms with van der Waals surface area (Å²) in [6.45, 7) is 0. The minimum atomic E-state index is -5.49. The molecule has 8 bridgehead atoms. The van der Waals surface area contributed by atoms with Crippen LogP contribution in [0.5, 0.6) is 0 Å². The van der Waals surface area contributed by atoms with Crippen LogP contribution in [0, 0.1) is 0 Å². The Morgan fingerprint density at radius 1 is 0.351 bits per heavy atom. The van der Waals surface area contributed by atoms with Gasteiger partial charge in [0, 0.05) is 0 Å². The van der Waals surface area contributed by atoms with E-state index in [1.54, 1.807) is 48.5 Å². The van der Waals surface area contributed by atoms with Crippen molar-refractivity contribution in [1.29, 1.82) is 0 Å². The molecule has 0 unspecified atom stereocenters. The van der Waals surface area contributed by atoms with Gasteiger partial charge in [0.15, 0.2) is 0 Å². The van der Waals surface area contributed by atoms with E-state index < -0.39 is 34.9 Å². The molecule has 0 saturated heterocycles. The van der Waals surface area contributed by atoms with Crippen molar-refractivity contribution >= 4 is 45.4 Å². The van der Waals surface area contributed by atoms with Gasteiger partial charge in [0.1, 0.15) is 0 Å². The van der Waals surface area contributed by atoms with Crippen molar-refractivity contribution in [3.05, 3.63) is 168 Å². The van der Waals surface area contributed by atoms with Gasteiger partial charge < -0.3 is 9.97 Å². The maximum atomic E-state index is 15.5. The average molecular weight is 807 g/mol. The fraction of sp³-hybridized carbons (Fsp3) is 0.0435. The van der Waals surface area contributed by atoms with E-state index in [2.05, 4.69) is 4.98 Å². The Hall–Kier alpha value is -6.45.